The molecule has 1 aliphatic rings. The summed E-state index contributed by atoms with van der Waals surface area (Å²) in [6, 6.07) is 7.04. The van der Waals surface area contributed by atoms with Crippen LogP contribution in [0.2, 0.25) is 0 Å². The lowest BCUT2D eigenvalue weighted by atomic mass is 10.1. The molecule has 1 aliphatic heterocycles. The van der Waals surface area contributed by atoms with Crippen molar-refractivity contribution in [1.82, 2.24) is 14.4 Å². The highest BCUT2D eigenvalue weighted by Gasteiger charge is 2.26. The fourth-order valence-corrected chi connectivity index (χ4v) is 3.85. The number of esters is 1. The second kappa shape index (κ2) is 10.7. The number of furan rings is 1. The van der Waals surface area contributed by atoms with Crippen LogP contribution in [-0.4, -0.2) is 64.9 Å². The number of amides is 2. The zero-order valence-electron chi connectivity index (χ0n) is 19.2. The van der Waals surface area contributed by atoms with E-state index in [1.54, 1.807) is 17.0 Å². The van der Waals surface area contributed by atoms with Gasteiger partial charge in [-0.15, -0.1) is 0 Å². The summed E-state index contributed by atoms with van der Waals surface area (Å²) in [5.74, 6) is -1.17. The van der Waals surface area contributed by atoms with Gasteiger partial charge in [0, 0.05) is 44.1 Å². The molecule has 1 fully saturated rings. The van der Waals surface area contributed by atoms with E-state index >= 15 is 0 Å². The Kier molecular flexibility index (Phi) is 7.72. The molecule has 0 N–H and O–H groups in total. The molecule has 1 saturated heterocycles. The zero-order valence-corrected chi connectivity index (χ0v) is 19.2. The molecule has 9 nitrogen and oxygen atoms in total. The van der Waals surface area contributed by atoms with Gasteiger partial charge in [0.05, 0.1) is 6.26 Å². The van der Waals surface area contributed by atoms with Crippen molar-refractivity contribution in [3.63, 3.8) is 0 Å². The number of piperazine rings is 1. The van der Waals surface area contributed by atoms with E-state index in [9.17, 15) is 19.6 Å². The van der Waals surface area contributed by atoms with Crippen LogP contribution in [0.15, 0.2) is 34.5 Å². The van der Waals surface area contributed by atoms with Crippen molar-refractivity contribution in [1.29, 1.82) is 5.26 Å². The number of carbonyl (C=O) groups excluding carboxylic acids is 3. The molecule has 33 heavy (non-hydrogen) atoms. The molecule has 0 spiro atoms. The van der Waals surface area contributed by atoms with Gasteiger partial charge >= 0.3 is 5.97 Å². The monoisotopic (exact) mass is 452 g/mol. The maximum absolute atomic E-state index is 12.5. The molecule has 0 aliphatic carbocycles. The normalized spacial score (nSPS) is 14.2. The van der Waals surface area contributed by atoms with Crippen LogP contribution >= 0.6 is 0 Å². The lowest BCUT2D eigenvalue weighted by molar-refractivity contribution is -0.149. The molecule has 0 bridgehead atoms. The van der Waals surface area contributed by atoms with Gasteiger partial charge in [0.1, 0.15) is 11.6 Å². The van der Waals surface area contributed by atoms with Gasteiger partial charge in [0.2, 0.25) is 0 Å². The molecule has 0 aromatic carbocycles. The first-order valence-corrected chi connectivity index (χ1v) is 10.9. The molecule has 2 aromatic heterocycles. The molecule has 2 aromatic rings. The minimum atomic E-state index is -0.835. The summed E-state index contributed by atoms with van der Waals surface area (Å²) in [5.41, 5.74) is 2.63. The van der Waals surface area contributed by atoms with Crippen LogP contribution < -0.4 is 0 Å². The molecule has 3 heterocycles. The number of ether oxygens (including phenoxy) is 1. The highest BCUT2D eigenvalue weighted by atomic mass is 16.5. The molecule has 9 heteroatoms. The van der Waals surface area contributed by atoms with E-state index in [2.05, 4.69) is 11.5 Å². The van der Waals surface area contributed by atoms with E-state index in [-0.39, 0.29) is 23.1 Å². The number of nitrogens with zero attached hydrogens (tertiary/aromatic N) is 4. The van der Waals surface area contributed by atoms with Gasteiger partial charge in [0.25, 0.3) is 11.8 Å². The Morgan fingerprint density at radius 3 is 2.48 bits per heavy atom. The maximum Gasteiger partial charge on any atom is 0.349 e. The Balaban J connectivity index is 1.54. The fourth-order valence-electron chi connectivity index (χ4n) is 3.85. The van der Waals surface area contributed by atoms with E-state index in [1.807, 2.05) is 26.0 Å². The van der Waals surface area contributed by atoms with Gasteiger partial charge in [-0.1, -0.05) is 6.92 Å². The van der Waals surface area contributed by atoms with Crippen molar-refractivity contribution >= 4 is 23.9 Å². The maximum atomic E-state index is 12.5. The van der Waals surface area contributed by atoms with E-state index in [4.69, 9.17) is 9.15 Å². The van der Waals surface area contributed by atoms with Crippen LogP contribution in [0.4, 0.5) is 0 Å². The van der Waals surface area contributed by atoms with Gasteiger partial charge in [-0.05, 0) is 50.1 Å². The summed E-state index contributed by atoms with van der Waals surface area (Å²) in [7, 11) is 0. The largest absolute Gasteiger partial charge is 0.459 e. The van der Waals surface area contributed by atoms with Crippen LogP contribution in [0.3, 0.4) is 0 Å². The van der Waals surface area contributed by atoms with Gasteiger partial charge in [0.15, 0.2) is 12.4 Å². The summed E-state index contributed by atoms with van der Waals surface area (Å²) in [5, 5.41) is 9.44. The molecule has 0 atom stereocenters. The summed E-state index contributed by atoms with van der Waals surface area (Å²) in [6.07, 6.45) is 3.91. The van der Waals surface area contributed by atoms with Gasteiger partial charge in [-0.25, -0.2) is 4.79 Å². The average molecular weight is 453 g/mol. The van der Waals surface area contributed by atoms with Gasteiger partial charge in [-0.3, -0.25) is 9.59 Å². The number of hydrogen-bond acceptors (Lipinski definition) is 6. The number of aromatic nitrogens is 1. The lowest BCUT2D eigenvalue weighted by Crippen LogP contribution is -2.51. The Hall–Kier alpha value is -3.80. The predicted octanol–water partition coefficient (Wildman–Crippen LogP) is 2.54. The van der Waals surface area contributed by atoms with Crippen LogP contribution in [0.25, 0.3) is 6.08 Å². The average Bonchev–Trinajstić information content (AvgIpc) is 3.45. The third-order valence-corrected chi connectivity index (χ3v) is 5.68. The van der Waals surface area contributed by atoms with Crippen molar-refractivity contribution in [3.8, 4) is 6.07 Å². The number of hydrogen-bond donors (Lipinski definition) is 0. The molecular weight excluding hydrogens is 424 g/mol. The van der Waals surface area contributed by atoms with Crippen molar-refractivity contribution in [3.05, 3.63) is 52.7 Å². The number of carbonyl (C=O) groups is 3. The van der Waals surface area contributed by atoms with Crippen LogP contribution in [0, 0.1) is 25.2 Å². The molecule has 0 unspecified atom stereocenters. The SMILES string of the molecule is CCCn1c(C)cc(/C=C(\C#N)C(=O)OCC(=O)N2CCN(C(=O)c3ccco3)CC2)c1C. The quantitative estimate of drug-likeness (QED) is 0.363. The molecule has 174 valence electrons. The molecular formula is C24H28N4O5. The Bertz CT molecular complexity index is 1080. The Labute approximate surface area is 192 Å². The highest BCUT2D eigenvalue weighted by Crippen LogP contribution is 2.19. The minimum absolute atomic E-state index is 0.159. The van der Waals surface area contributed by atoms with Crippen molar-refractivity contribution in [2.75, 3.05) is 32.8 Å². The second-order valence-corrected chi connectivity index (χ2v) is 7.87. The minimum Gasteiger partial charge on any atom is -0.459 e. The first kappa shape index (κ1) is 23.9. The van der Waals surface area contributed by atoms with Crippen LogP contribution in [-0.2, 0) is 20.9 Å². The molecule has 0 radical (unpaired) electrons. The summed E-state index contributed by atoms with van der Waals surface area (Å²) in [6.45, 7) is 7.76. The second-order valence-electron chi connectivity index (χ2n) is 7.87. The van der Waals surface area contributed by atoms with Crippen molar-refractivity contribution in [2.24, 2.45) is 0 Å². The van der Waals surface area contributed by atoms with E-state index in [0.717, 1.165) is 29.9 Å². The third-order valence-electron chi connectivity index (χ3n) is 5.68. The Morgan fingerprint density at radius 1 is 1.18 bits per heavy atom. The first-order valence-electron chi connectivity index (χ1n) is 10.9. The number of rotatable bonds is 7. The summed E-state index contributed by atoms with van der Waals surface area (Å²) < 4.78 is 12.4. The highest BCUT2D eigenvalue weighted by molar-refractivity contribution is 5.99. The van der Waals surface area contributed by atoms with E-state index in [0.29, 0.717) is 26.2 Å². The van der Waals surface area contributed by atoms with Gasteiger partial charge in [-0.2, -0.15) is 5.26 Å². The molecule has 3 rings (SSSR count). The molecule has 0 saturated carbocycles. The van der Waals surface area contributed by atoms with Crippen LogP contribution in [0.5, 0.6) is 0 Å². The smallest absolute Gasteiger partial charge is 0.349 e. The fraction of sp³-hybridized carbons (Fsp3) is 0.417. The lowest BCUT2D eigenvalue weighted by Gasteiger charge is -2.34. The van der Waals surface area contributed by atoms with Crippen LogP contribution in [0.1, 0.15) is 40.9 Å². The summed E-state index contributed by atoms with van der Waals surface area (Å²) in [4.78, 5) is 40.3. The third kappa shape index (κ3) is 5.52. The first-order chi connectivity index (χ1) is 15.8. The van der Waals surface area contributed by atoms with E-state index < -0.39 is 12.6 Å². The standard InChI is InChI=1S/C24H28N4O5/c1-4-7-28-17(2)13-19(18(28)3)14-20(15-25)24(31)33-16-22(29)26-8-10-27(11-9-26)23(30)21-6-5-12-32-21/h5-6,12-14H,4,7-11,16H2,1-3H3/b20-14+. The summed E-state index contributed by atoms with van der Waals surface area (Å²) >= 11 is 0. The Morgan fingerprint density at radius 2 is 1.88 bits per heavy atom. The molecule has 2 amide bonds. The number of nitriles is 1. The predicted molar refractivity (Wildman–Crippen MR) is 120 cm³/mol. The van der Waals surface area contributed by atoms with Crippen molar-refractivity contribution in [2.45, 2.75) is 33.7 Å². The van der Waals surface area contributed by atoms with Crippen molar-refractivity contribution < 1.29 is 23.5 Å². The number of aryl methyl sites for hydroxylation is 1. The van der Waals surface area contributed by atoms with E-state index in [1.165, 1.54) is 17.2 Å². The van der Waals surface area contributed by atoms with Gasteiger partial charge < -0.3 is 23.5 Å². The zero-order chi connectivity index (χ0) is 24.0. The topological polar surface area (TPSA) is 109 Å².